The van der Waals surface area contributed by atoms with Gasteiger partial charge in [0.05, 0.1) is 18.8 Å². The van der Waals surface area contributed by atoms with Crippen LogP contribution >= 0.6 is 23.1 Å². The second-order valence-corrected chi connectivity index (χ2v) is 7.16. The van der Waals surface area contributed by atoms with Crippen molar-refractivity contribution in [2.45, 2.75) is 25.1 Å². The molecule has 0 bridgehead atoms. The number of hydrazine groups is 1. The number of aryl methyl sites for hydroxylation is 1. The highest BCUT2D eigenvalue weighted by Gasteiger charge is 2.20. The molecule has 0 amide bonds. The largest absolute Gasteiger partial charge is 0.492 e. The third kappa shape index (κ3) is 3.23. The van der Waals surface area contributed by atoms with Gasteiger partial charge in [-0.15, -0.1) is 11.3 Å². The first-order valence-electron chi connectivity index (χ1n) is 7.05. The van der Waals surface area contributed by atoms with E-state index in [9.17, 15) is 0 Å². The van der Waals surface area contributed by atoms with Crippen LogP contribution in [0.5, 0.6) is 5.75 Å². The van der Waals surface area contributed by atoms with Crippen molar-refractivity contribution in [3.63, 3.8) is 0 Å². The maximum Gasteiger partial charge on any atom is 0.137 e. The van der Waals surface area contributed by atoms with Crippen LogP contribution in [-0.4, -0.2) is 17.3 Å². The number of hydrogen-bond donors (Lipinski definition) is 2. The van der Waals surface area contributed by atoms with Crippen molar-refractivity contribution in [1.82, 2.24) is 10.4 Å². The summed E-state index contributed by atoms with van der Waals surface area (Å²) in [6.45, 7) is 2.60. The minimum Gasteiger partial charge on any atom is -0.492 e. The summed E-state index contributed by atoms with van der Waals surface area (Å²) in [6.07, 6.45) is 4.75. The van der Waals surface area contributed by atoms with E-state index in [0.29, 0.717) is 6.61 Å². The number of ether oxygens (including phenoxy) is 1. The van der Waals surface area contributed by atoms with Gasteiger partial charge < -0.3 is 4.74 Å². The average molecular weight is 321 g/mol. The summed E-state index contributed by atoms with van der Waals surface area (Å²) in [5.41, 5.74) is 5.42. The summed E-state index contributed by atoms with van der Waals surface area (Å²) in [4.78, 5) is 7.01. The SMILES string of the molecule is CCOc1cncc(C(NN)c2cc3c(s2)CCSC3)c1. The van der Waals surface area contributed by atoms with Crippen molar-refractivity contribution in [2.24, 2.45) is 5.84 Å². The summed E-state index contributed by atoms with van der Waals surface area (Å²) in [6, 6.07) is 4.26. The van der Waals surface area contributed by atoms with E-state index < -0.39 is 0 Å². The van der Waals surface area contributed by atoms with Gasteiger partial charge in [-0.05, 0) is 42.4 Å². The fourth-order valence-electron chi connectivity index (χ4n) is 2.49. The summed E-state index contributed by atoms with van der Waals surface area (Å²) >= 11 is 3.86. The summed E-state index contributed by atoms with van der Waals surface area (Å²) < 4.78 is 5.53. The number of pyridine rings is 1. The van der Waals surface area contributed by atoms with Gasteiger partial charge in [0.1, 0.15) is 5.75 Å². The molecule has 1 aliphatic rings. The lowest BCUT2D eigenvalue weighted by Crippen LogP contribution is -2.28. The second-order valence-electron chi connectivity index (χ2n) is 4.89. The lowest BCUT2D eigenvalue weighted by Gasteiger charge is -2.15. The first-order valence-corrected chi connectivity index (χ1v) is 9.02. The normalized spacial score (nSPS) is 15.5. The molecule has 1 aliphatic heterocycles. The van der Waals surface area contributed by atoms with Gasteiger partial charge in [-0.25, -0.2) is 5.43 Å². The third-order valence-electron chi connectivity index (χ3n) is 3.48. The van der Waals surface area contributed by atoms with E-state index >= 15 is 0 Å². The molecule has 112 valence electrons. The number of fused-ring (bicyclic) bond motifs is 1. The Kier molecular flexibility index (Phi) is 4.80. The predicted molar refractivity (Wildman–Crippen MR) is 88.8 cm³/mol. The number of nitrogens with zero attached hydrogens (tertiary/aromatic N) is 1. The van der Waals surface area contributed by atoms with E-state index in [1.54, 1.807) is 6.20 Å². The van der Waals surface area contributed by atoms with Gasteiger partial charge in [0, 0.05) is 21.7 Å². The van der Waals surface area contributed by atoms with Crippen LogP contribution in [0.15, 0.2) is 24.5 Å². The molecule has 4 nitrogen and oxygen atoms in total. The van der Waals surface area contributed by atoms with Crippen LogP contribution in [0.4, 0.5) is 0 Å². The molecule has 3 heterocycles. The molecule has 0 aliphatic carbocycles. The van der Waals surface area contributed by atoms with Gasteiger partial charge in [-0.3, -0.25) is 10.8 Å². The van der Waals surface area contributed by atoms with E-state index in [4.69, 9.17) is 10.6 Å². The lowest BCUT2D eigenvalue weighted by atomic mass is 10.1. The Labute approximate surface area is 133 Å². The molecule has 0 saturated heterocycles. The van der Waals surface area contributed by atoms with Crippen molar-refractivity contribution in [3.8, 4) is 5.75 Å². The highest BCUT2D eigenvalue weighted by Crippen LogP contribution is 2.36. The zero-order chi connectivity index (χ0) is 14.7. The number of thiophene rings is 1. The van der Waals surface area contributed by atoms with Crippen LogP contribution in [-0.2, 0) is 12.2 Å². The van der Waals surface area contributed by atoms with Crippen molar-refractivity contribution >= 4 is 23.1 Å². The third-order valence-corrected chi connectivity index (χ3v) is 5.79. The topological polar surface area (TPSA) is 60.2 Å². The zero-order valence-electron chi connectivity index (χ0n) is 12.0. The van der Waals surface area contributed by atoms with Gasteiger partial charge in [0.2, 0.25) is 0 Å². The molecular weight excluding hydrogens is 302 g/mol. The Bertz CT molecular complexity index is 591. The van der Waals surface area contributed by atoms with Crippen LogP contribution in [0, 0.1) is 0 Å². The zero-order valence-corrected chi connectivity index (χ0v) is 13.6. The van der Waals surface area contributed by atoms with E-state index in [-0.39, 0.29) is 6.04 Å². The first-order chi connectivity index (χ1) is 10.3. The summed E-state index contributed by atoms with van der Waals surface area (Å²) in [5, 5.41) is 0. The van der Waals surface area contributed by atoms with Gasteiger partial charge in [-0.1, -0.05) is 0 Å². The molecule has 0 saturated carbocycles. The monoisotopic (exact) mass is 321 g/mol. The Morgan fingerprint density at radius 1 is 1.43 bits per heavy atom. The fourth-order valence-corrected chi connectivity index (χ4v) is 4.96. The smallest absolute Gasteiger partial charge is 0.137 e. The van der Waals surface area contributed by atoms with Crippen molar-refractivity contribution in [1.29, 1.82) is 0 Å². The fraction of sp³-hybridized carbons (Fsp3) is 0.400. The molecule has 3 N–H and O–H groups in total. The number of aromatic nitrogens is 1. The maximum absolute atomic E-state index is 5.80. The number of thioether (sulfide) groups is 1. The molecule has 1 atom stereocenters. The second kappa shape index (κ2) is 6.79. The summed E-state index contributed by atoms with van der Waals surface area (Å²) in [7, 11) is 0. The highest BCUT2D eigenvalue weighted by atomic mass is 32.2. The Morgan fingerprint density at radius 2 is 2.33 bits per heavy atom. The molecule has 0 fully saturated rings. The van der Waals surface area contributed by atoms with Gasteiger partial charge in [0.25, 0.3) is 0 Å². The molecule has 0 spiro atoms. The minimum atomic E-state index is -0.0292. The van der Waals surface area contributed by atoms with Gasteiger partial charge >= 0.3 is 0 Å². The van der Waals surface area contributed by atoms with Crippen LogP contribution in [0.25, 0.3) is 0 Å². The van der Waals surface area contributed by atoms with E-state index in [2.05, 4.69) is 16.5 Å². The minimum absolute atomic E-state index is 0.0292. The molecule has 21 heavy (non-hydrogen) atoms. The Hall–Kier alpha value is -1.08. The van der Waals surface area contributed by atoms with Crippen molar-refractivity contribution in [3.05, 3.63) is 45.4 Å². The first kappa shape index (κ1) is 14.8. The highest BCUT2D eigenvalue weighted by molar-refractivity contribution is 7.98. The van der Waals surface area contributed by atoms with Gasteiger partial charge in [0.15, 0.2) is 0 Å². The number of nitrogens with one attached hydrogen (secondary N) is 1. The van der Waals surface area contributed by atoms with Crippen LogP contribution in [0.2, 0.25) is 0 Å². The quantitative estimate of drug-likeness (QED) is 0.655. The van der Waals surface area contributed by atoms with Crippen LogP contribution in [0.1, 0.15) is 33.8 Å². The van der Waals surface area contributed by atoms with Crippen molar-refractivity contribution < 1.29 is 4.74 Å². The molecule has 1 unspecified atom stereocenters. The molecule has 6 heteroatoms. The van der Waals surface area contributed by atoms with E-state index in [0.717, 1.165) is 17.1 Å². The molecule has 0 radical (unpaired) electrons. The molecule has 0 aromatic carbocycles. The van der Waals surface area contributed by atoms with Gasteiger partial charge in [-0.2, -0.15) is 11.8 Å². The maximum atomic E-state index is 5.80. The van der Waals surface area contributed by atoms with E-state index in [1.807, 2.05) is 42.3 Å². The van der Waals surface area contributed by atoms with Crippen molar-refractivity contribution in [2.75, 3.05) is 12.4 Å². The number of nitrogens with two attached hydrogens (primary N) is 1. The predicted octanol–water partition coefficient (Wildman–Crippen LogP) is 2.88. The number of rotatable bonds is 5. The number of hydrogen-bond acceptors (Lipinski definition) is 6. The average Bonchev–Trinajstić information content (AvgIpc) is 2.92. The molecule has 2 aromatic heterocycles. The van der Waals surface area contributed by atoms with Crippen LogP contribution < -0.4 is 16.0 Å². The Morgan fingerprint density at radius 3 is 3.10 bits per heavy atom. The lowest BCUT2D eigenvalue weighted by molar-refractivity contribution is 0.338. The molecule has 2 aromatic rings. The standard InChI is InChI=1S/C15H19N3OS2/c1-2-19-12-5-10(7-17-8-12)15(18-16)14-6-11-9-20-4-3-13(11)21-14/h5-8,15,18H,2-4,9,16H2,1H3. The summed E-state index contributed by atoms with van der Waals surface area (Å²) in [5.74, 6) is 8.91. The molecule has 3 rings (SSSR count). The van der Waals surface area contributed by atoms with E-state index in [1.165, 1.54) is 27.5 Å². The van der Waals surface area contributed by atoms with Crippen LogP contribution in [0.3, 0.4) is 0 Å². The Balaban J connectivity index is 1.90. The molecular formula is C15H19N3OS2.